The monoisotopic (exact) mass is 302 g/mol. The van der Waals surface area contributed by atoms with Gasteiger partial charge in [-0.1, -0.05) is 29.8 Å². The van der Waals surface area contributed by atoms with Gasteiger partial charge in [0.1, 0.15) is 0 Å². The maximum absolute atomic E-state index is 12.3. The lowest BCUT2D eigenvalue weighted by Gasteiger charge is -2.37. The Kier molecular flexibility index (Phi) is 3.76. The van der Waals surface area contributed by atoms with Crippen LogP contribution in [0.25, 0.3) is 0 Å². The number of amides is 2. The maximum Gasteiger partial charge on any atom is 0.236 e. The van der Waals surface area contributed by atoms with E-state index in [1.165, 1.54) is 0 Å². The van der Waals surface area contributed by atoms with E-state index in [2.05, 4.69) is 21.2 Å². The molecular weight excluding hydrogens is 284 g/mol. The first-order valence-electron chi connectivity index (χ1n) is 6.24. The third-order valence-electron chi connectivity index (χ3n) is 3.71. The van der Waals surface area contributed by atoms with Crippen LogP contribution in [-0.2, 0) is 9.59 Å². The van der Waals surface area contributed by atoms with Gasteiger partial charge in [-0.05, 0) is 18.8 Å². The van der Waals surface area contributed by atoms with E-state index in [4.69, 9.17) is 0 Å². The summed E-state index contributed by atoms with van der Waals surface area (Å²) in [7, 11) is 0. The number of nitrogens with zero attached hydrogens (tertiary/aromatic N) is 1. The summed E-state index contributed by atoms with van der Waals surface area (Å²) in [4.78, 5) is 25.7. The number of alkyl halides is 1. The fraction of sp³-hybridized carbons (Fsp3) is 0.833. The van der Waals surface area contributed by atoms with E-state index in [9.17, 15) is 9.59 Å². The molecule has 1 N–H and O–H groups in total. The molecule has 3 atom stereocenters. The number of likely N-dealkylation sites (tertiary alicyclic amines) is 1. The van der Waals surface area contributed by atoms with E-state index >= 15 is 0 Å². The van der Waals surface area contributed by atoms with Crippen molar-refractivity contribution in [2.75, 3.05) is 13.1 Å². The van der Waals surface area contributed by atoms with E-state index < -0.39 is 0 Å². The standard InChI is InChI=1S/C12H19BrN2O2/c1-7(2)10(13)12(17)15-5-3-4-8-9(15)6-14-11(8)16/h7-10H,3-6H2,1-2H3,(H,14,16). The lowest BCUT2D eigenvalue weighted by Crippen LogP contribution is -2.51. The predicted octanol–water partition coefficient (Wildman–Crippen LogP) is 1.14. The summed E-state index contributed by atoms with van der Waals surface area (Å²) in [5.74, 6) is 0.530. The molecule has 2 aliphatic rings. The average Bonchev–Trinajstić information content (AvgIpc) is 2.69. The van der Waals surface area contributed by atoms with Crippen molar-refractivity contribution < 1.29 is 9.59 Å². The lowest BCUT2D eigenvalue weighted by atomic mass is 9.91. The second-order valence-corrected chi connectivity index (χ2v) is 6.23. The minimum atomic E-state index is -0.142. The number of rotatable bonds is 2. The molecular formula is C12H19BrN2O2. The quantitative estimate of drug-likeness (QED) is 0.778. The Bertz CT molecular complexity index is 332. The fourth-order valence-electron chi connectivity index (χ4n) is 2.67. The Morgan fingerprint density at radius 2 is 2.24 bits per heavy atom. The largest absolute Gasteiger partial charge is 0.354 e. The predicted molar refractivity (Wildman–Crippen MR) is 68.8 cm³/mol. The van der Waals surface area contributed by atoms with Gasteiger partial charge in [-0.3, -0.25) is 9.59 Å². The molecule has 2 fully saturated rings. The minimum absolute atomic E-state index is 0.0135. The van der Waals surface area contributed by atoms with Gasteiger partial charge in [0.05, 0.1) is 16.8 Å². The topological polar surface area (TPSA) is 49.4 Å². The van der Waals surface area contributed by atoms with Crippen molar-refractivity contribution in [3.63, 3.8) is 0 Å². The summed E-state index contributed by atoms with van der Waals surface area (Å²) in [6, 6.07) is 0.0718. The van der Waals surface area contributed by atoms with Gasteiger partial charge < -0.3 is 10.2 Å². The van der Waals surface area contributed by atoms with Crippen molar-refractivity contribution in [2.24, 2.45) is 11.8 Å². The van der Waals surface area contributed by atoms with Gasteiger partial charge in [0.2, 0.25) is 11.8 Å². The highest BCUT2D eigenvalue weighted by molar-refractivity contribution is 9.10. The Morgan fingerprint density at radius 3 is 2.88 bits per heavy atom. The summed E-state index contributed by atoms with van der Waals surface area (Å²) in [6.07, 6.45) is 1.84. The smallest absolute Gasteiger partial charge is 0.236 e. The molecule has 2 saturated heterocycles. The van der Waals surface area contributed by atoms with Crippen molar-refractivity contribution in [3.05, 3.63) is 0 Å². The molecule has 4 nitrogen and oxygen atoms in total. The van der Waals surface area contributed by atoms with Gasteiger partial charge in [0.15, 0.2) is 0 Å². The van der Waals surface area contributed by atoms with Crippen LogP contribution in [-0.4, -0.2) is 40.7 Å². The van der Waals surface area contributed by atoms with Gasteiger partial charge >= 0.3 is 0 Å². The number of carbonyl (C=O) groups excluding carboxylic acids is 2. The molecule has 0 spiro atoms. The lowest BCUT2D eigenvalue weighted by molar-refractivity contribution is -0.136. The van der Waals surface area contributed by atoms with Gasteiger partial charge in [0, 0.05) is 13.1 Å². The third kappa shape index (κ3) is 2.34. The molecule has 2 heterocycles. The molecule has 17 heavy (non-hydrogen) atoms. The first-order valence-corrected chi connectivity index (χ1v) is 7.16. The molecule has 0 aromatic heterocycles. The van der Waals surface area contributed by atoms with E-state index in [0.29, 0.717) is 6.54 Å². The first kappa shape index (κ1) is 12.9. The summed E-state index contributed by atoms with van der Waals surface area (Å²) in [6.45, 7) is 5.45. The molecule has 2 aliphatic heterocycles. The zero-order valence-electron chi connectivity index (χ0n) is 10.3. The van der Waals surface area contributed by atoms with E-state index in [1.807, 2.05) is 18.7 Å². The van der Waals surface area contributed by atoms with Gasteiger partial charge in [-0.15, -0.1) is 0 Å². The molecule has 5 heteroatoms. The zero-order chi connectivity index (χ0) is 12.6. The number of nitrogens with one attached hydrogen (secondary N) is 1. The summed E-state index contributed by atoms with van der Waals surface area (Å²) in [5.41, 5.74) is 0. The van der Waals surface area contributed by atoms with E-state index in [-0.39, 0.29) is 34.5 Å². The van der Waals surface area contributed by atoms with E-state index in [1.54, 1.807) is 0 Å². The van der Waals surface area contributed by atoms with E-state index in [0.717, 1.165) is 19.4 Å². The summed E-state index contributed by atoms with van der Waals surface area (Å²) < 4.78 is 0. The molecule has 0 aromatic carbocycles. The van der Waals surface area contributed by atoms with Crippen molar-refractivity contribution in [1.29, 1.82) is 0 Å². The number of carbonyl (C=O) groups is 2. The number of hydrogen-bond donors (Lipinski definition) is 1. The summed E-state index contributed by atoms with van der Waals surface area (Å²) >= 11 is 3.46. The van der Waals surface area contributed by atoms with Crippen LogP contribution >= 0.6 is 15.9 Å². The highest BCUT2D eigenvalue weighted by atomic mass is 79.9. The van der Waals surface area contributed by atoms with Crippen LogP contribution in [0.5, 0.6) is 0 Å². The van der Waals surface area contributed by atoms with Crippen LogP contribution in [0.2, 0.25) is 0 Å². The van der Waals surface area contributed by atoms with Crippen LogP contribution < -0.4 is 5.32 Å². The second kappa shape index (κ2) is 4.96. The molecule has 96 valence electrons. The third-order valence-corrected chi connectivity index (χ3v) is 5.15. The number of hydrogen-bond acceptors (Lipinski definition) is 2. The highest BCUT2D eigenvalue weighted by Gasteiger charge is 2.43. The highest BCUT2D eigenvalue weighted by Crippen LogP contribution is 2.29. The molecule has 0 aliphatic carbocycles. The van der Waals surface area contributed by atoms with Crippen LogP contribution in [0.3, 0.4) is 0 Å². The van der Waals surface area contributed by atoms with Gasteiger partial charge in [0.25, 0.3) is 0 Å². The Hall–Kier alpha value is -0.580. The van der Waals surface area contributed by atoms with Crippen molar-refractivity contribution >= 4 is 27.7 Å². The fourth-order valence-corrected chi connectivity index (χ4v) is 2.93. The molecule has 0 radical (unpaired) electrons. The Morgan fingerprint density at radius 1 is 1.53 bits per heavy atom. The zero-order valence-corrected chi connectivity index (χ0v) is 11.9. The summed E-state index contributed by atoms with van der Waals surface area (Å²) in [5, 5.41) is 2.87. The average molecular weight is 303 g/mol. The Labute approximate surface area is 110 Å². The second-order valence-electron chi connectivity index (χ2n) is 5.24. The van der Waals surface area contributed by atoms with Crippen molar-refractivity contribution in [1.82, 2.24) is 10.2 Å². The van der Waals surface area contributed by atoms with Crippen LogP contribution in [0.1, 0.15) is 26.7 Å². The number of halogens is 1. The molecule has 0 saturated carbocycles. The molecule has 2 amide bonds. The number of fused-ring (bicyclic) bond motifs is 1. The van der Waals surface area contributed by atoms with Crippen molar-refractivity contribution in [2.45, 2.75) is 37.6 Å². The minimum Gasteiger partial charge on any atom is -0.354 e. The van der Waals surface area contributed by atoms with Crippen LogP contribution in [0, 0.1) is 11.8 Å². The van der Waals surface area contributed by atoms with Gasteiger partial charge in [-0.2, -0.15) is 0 Å². The molecule has 2 rings (SSSR count). The SMILES string of the molecule is CC(C)C(Br)C(=O)N1CCCC2C(=O)NCC21. The maximum atomic E-state index is 12.3. The molecule has 3 unspecified atom stereocenters. The first-order chi connectivity index (χ1) is 8.02. The normalized spacial score (nSPS) is 30.1. The van der Waals surface area contributed by atoms with Crippen molar-refractivity contribution in [3.8, 4) is 0 Å². The molecule has 0 bridgehead atoms. The Balaban J connectivity index is 2.10. The van der Waals surface area contributed by atoms with Crippen LogP contribution in [0.4, 0.5) is 0 Å². The molecule has 0 aromatic rings. The van der Waals surface area contributed by atoms with Gasteiger partial charge in [-0.25, -0.2) is 0 Å². The number of piperidine rings is 1. The van der Waals surface area contributed by atoms with Crippen LogP contribution in [0.15, 0.2) is 0 Å².